The maximum Gasteiger partial charge on any atom is 1.00 e. The van der Waals surface area contributed by atoms with Crippen LogP contribution in [0.5, 0.6) is 0 Å². The van der Waals surface area contributed by atoms with Gasteiger partial charge in [-0.15, -0.1) is 23.2 Å². The molecule has 0 saturated carbocycles. The average molecular weight is 297 g/mol. The Hall–Kier alpha value is 5.60. The molecule has 0 rings (SSSR count). The smallest absolute Gasteiger partial charge is 0.822 e. The first-order valence-corrected chi connectivity index (χ1v) is 3.79. The molecule has 0 aromatic carbocycles. The van der Waals surface area contributed by atoms with E-state index < -0.39 is 7.82 Å². The molecular weight excluding hydrogens is 295 g/mol. The van der Waals surface area contributed by atoms with E-state index in [1.54, 1.807) is 0 Å². The van der Waals surface area contributed by atoms with Crippen LogP contribution in [0.15, 0.2) is 0 Å². The molecule has 0 unspecified atom stereocenters. The van der Waals surface area contributed by atoms with E-state index in [2.05, 4.69) is 0 Å². The van der Waals surface area contributed by atoms with E-state index in [9.17, 15) is 0 Å². The number of hydrogen-bond donors (Lipinski definition) is 0. The molecule has 0 bridgehead atoms. The Morgan fingerprint density at radius 2 is 1.00 bits per heavy atom. The maximum atomic E-state index is 8.55. The van der Waals surface area contributed by atoms with Gasteiger partial charge in [-0.05, 0) is 0 Å². The van der Waals surface area contributed by atoms with Crippen LogP contribution in [0.1, 0.15) is 0 Å². The van der Waals surface area contributed by atoms with E-state index >= 15 is 0 Å². The maximum absolute atomic E-state index is 8.55. The van der Waals surface area contributed by atoms with Gasteiger partial charge in [0, 0.05) is 0 Å². The summed E-state index contributed by atoms with van der Waals surface area (Å²) in [4.78, 5) is 25.6. The van der Waals surface area contributed by atoms with Gasteiger partial charge in [0.15, 0.2) is 0 Å². The van der Waals surface area contributed by atoms with E-state index in [-0.39, 0.29) is 159 Å². The van der Waals surface area contributed by atoms with E-state index in [1.807, 2.05) is 0 Å². The average Bonchev–Trinajstić information content (AvgIpc) is 1.27. The SMILES string of the molecule is ClCCl.O=P([O-])([O-])[O-].[K+].[K+].[K+]. The minimum atomic E-state index is -5.39. The Labute approximate surface area is 203 Å². The fourth-order valence-corrected chi connectivity index (χ4v) is 0. The van der Waals surface area contributed by atoms with E-state index in [0.29, 0.717) is 0 Å². The number of rotatable bonds is 0. The summed E-state index contributed by atoms with van der Waals surface area (Å²) < 4.78 is 8.55. The zero-order valence-electron chi connectivity index (χ0n) is 6.54. The predicted molar refractivity (Wildman–Crippen MR) is 24.2 cm³/mol. The standard InChI is InChI=1S/CH2Cl2.3K.H3O4P/c2-1-3;;;;1-5(2,3)4/h1H2;;;;(H3,1,2,3,4)/q;3*+1;/p-3. The third-order valence-corrected chi connectivity index (χ3v) is 0. The van der Waals surface area contributed by atoms with Gasteiger partial charge < -0.3 is 19.2 Å². The van der Waals surface area contributed by atoms with Crippen LogP contribution in [0.25, 0.3) is 0 Å². The number of alkyl halides is 2. The van der Waals surface area contributed by atoms with Crippen molar-refractivity contribution in [3.63, 3.8) is 0 Å². The molecule has 0 aliphatic carbocycles. The summed E-state index contributed by atoms with van der Waals surface area (Å²) in [6.45, 7) is 0. The second-order valence-corrected chi connectivity index (χ2v) is 2.25. The van der Waals surface area contributed by atoms with Crippen LogP contribution in [-0.4, -0.2) is 5.34 Å². The van der Waals surface area contributed by atoms with Gasteiger partial charge in [-0.2, -0.15) is 7.82 Å². The van der Waals surface area contributed by atoms with Crippen LogP contribution in [0.4, 0.5) is 0 Å². The number of halogens is 2. The van der Waals surface area contributed by atoms with E-state index in [4.69, 9.17) is 42.4 Å². The van der Waals surface area contributed by atoms with Crippen molar-refractivity contribution >= 4 is 31.0 Å². The largest absolute Gasteiger partial charge is 1.00 e. The van der Waals surface area contributed by atoms with Crippen molar-refractivity contribution in [1.29, 1.82) is 0 Å². The quantitative estimate of drug-likeness (QED) is 0.252. The van der Waals surface area contributed by atoms with E-state index in [0.717, 1.165) is 0 Å². The minimum Gasteiger partial charge on any atom is -0.822 e. The third kappa shape index (κ3) is 92.0. The normalized spacial score (nSPS) is 7.00. The molecule has 0 aliphatic heterocycles. The zero-order valence-corrected chi connectivity index (χ0v) is 18.3. The summed E-state index contributed by atoms with van der Waals surface area (Å²) in [6.07, 6.45) is 0. The van der Waals surface area contributed by atoms with Crippen LogP contribution in [-0.2, 0) is 4.57 Å². The second-order valence-electron chi connectivity index (χ2n) is 0.548. The summed E-state index contributed by atoms with van der Waals surface area (Å²) in [6, 6.07) is 0. The molecule has 0 amide bonds. The van der Waals surface area contributed by atoms with Gasteiger partial charge in [-0.1, -0.05) is 0 Å². The van der Waals surface area contributed by atoms with Crippen molar-refractivity contribution in [2.45, 2.75) is 0 Å². The summed E-state index contributed by atoms with van der Waals surface area (Å²) in [7, 11) is -5.39. The van der Waals surface area contributed by atoms with Crippen LogP contribution >= 0.6 is 31.0 Å². The molecule has 0 aromatic heterocycles. The summed E-state index contributed by atoms with van der Waals surface area (Å²) in [5.41, 5.74) is 0. The van der Waals surface area contributed by atoms with E-state index in [1.165, 1.54) is 0 Å². The van der Waals surface area contributed by atoms with Crippen LogP contribution in [0, 0.1) is 0 Å². The predicted octanol–water partition coefficient (Wildman–Crippen LogP) is -10.4. The van der Waals surface area contributed by atoms with Gasteiger partial charge in [0.05, 0.1) is 5.34 Å². The first-order chi connectivity index (χ1) is 3.41. The fraction of sp³-hybridized carbons (Fsp3) is 1.00. The molecule has 0 heterocycles. The molecule has 0 radical (unpaired) electrons. The monoisotopic (exact) mass is 296 g/mol. The number of hydrogen-bond acceptors (Lipinski definition) is 4. The Bertz CT molecular complexity index is 79.1. The van der Waals surface area contributed by atoms with Crippen molar-refractivity contribution in [2.24, 2.45) is 0 Å². The first-order valence-electron chi connectivity index (χ1n) is 1.26. The molecule has 0 atom stereocenters. The van der Waals surface area contributed by atoms with Gasteiger partial charge in [0.25, 0.3) is 0 Å². The Balaban J connectivity index is -0.0000000183. The molecule has 0 spiro atoms. The van der Waals surface area contributed by atoms with Crippen molar-refractivity contribution in [3.8, 4) is 0 Å². The molecule has 11 heavy (non-hydrogen) atoms. The molecular formula is CH2Cl2K3O4P. The van der Waals surface area contributed by atoms with Crippen LogP contribution in [0.2, 0.25) is 0 Å². The van der Waals surface area contributed by atoms with Gasteiger partial charge in [0.1, 0.15) is 0 Å². The number of phosphoric acid groups is 1. The zero-order chi connectivity index (χ0) is 7.21. The first kappa shape index (κ1) is 30.0. The molecule has 52 valence electrons. The fourth-order valence-electron chi connectivity index (χ4n) is 0. The van der Waals surface area contributed by atoms with Gasteiger partial charge in [0.2, 0.25) is 0 Å². The Morgan fingerprint density at radius 3 is 1.00 bits per heavy atom. The molecule has 0 saturated heterocycles. The van der Waals surface area contributed by atoms with Gasteiger partial charge in [-0.3, -0.25) is 0 Å². The molecule has 0 fully saturated rings. The second kappa shape index (κ2) is 20.9. The summed E-state index contributed by atoms with van der Waals surface area (Å²) in [5, 5.41) is 0.194. The molecule has 0 aromatic rings. The summed E-state index contributed by atoms with van der Waals surface area (Å²) in [5.74, 6) is 0. The van der Waals surface area contributed by atoms with Gasteiger partial charge in [-0.25, -0.2) is 0 Å². The van der Waals surface area contributed by atoms with Crippen molar-refractivity contribution < 1.29 is 173 Å². The van der Waals surface area contributed by atoms with Crippen LogP contribution < -0.4 is 169 Å². The van der Waals surface area contributed by atoms with Crippen molar-refractivity contribution in [1.82, 2.24) is 0 Å². The molecule has 4 nitrogen and oxygen atoms in total. The van der Waals surface area contributed by atoms with Crippen molar-refractivity contribution in [2.75, 3.05) is 5.34 Å². The topological polar surface area (TPSA) is 86.2 Å². The molecule has 0 N–H and O–H groups in total. The molecule has 10 heteroatoms. The van der Waals surface area contributed by atoms with Gasteiger partial charge >= 0.3 is 154 Å². The van der Waals surface area contributed by atoms with Crippen LogP contribution in [0.3, 0.4) is 0 Å². The molecule has 0 aliphatic rings. The van der Waals surface area contributed by atoms with Crippen molar-refractivity contribution in [3.05, 3.63) is 0 Å². The minimum absolute atomic E-state index is 0. The Morgan fingerprint density at radius 1 is 1.00 bits per heavy atom. The third-order valence-electron chi connectivity index (χ3n) is 0. The Kier molecular flexibility index (Phi) is 57.2. The summed E-state index contributed by atoms with van der Waals surface area (Å²) >= 11 is 9.53.